The first-order chi connectivity index (χ1) is 9.94. The van der Waals surface area contributed by atoms with E-state index in [4.69, 9.17) is 10.2 Å². The summed E-state index contributed by atoms with van der Waals surface area (Å²) in [7, 11) is 0. The van der Waals surface area contributed by atoms with Gasteiger partial charge >= 0.3 is 12.2 Å². The predicted molar refractivity (Wildman–Crippen MR) is 74.4 cm³/mol. The van der Waals surface area contributed by atoms with Gasteiger partial charge in [-0.1, -0.05) is 0 Å². The lowest BCUT2D eigenvalue weighted by Gasteiger charge is -2.37. The summed E-state index contributed by atoms with van der Waals surface area (Å²) in [4.78, 5) is 23.2. The molecule has 1 fully saturated rings. The van der Waals surface area contributed by atoms with Crippen molar-refractivity contribution < 1.29 is 24.9 Å². The number of carbonyl (C=O) groups is 2. The van der Waals surface area contributed by atoms with Crippen LogP contribution in [-0.4, -0.2) is 53.0 Å². The Morgan fingerprint density at radius 2 is 1.62 bits per heavy atom. The zero-order valence-electron chi connectivity index (χ0n) is 11.0. The molecule has 0 radical (unpaired) electrons. The van der Waals surface area contributed by atoms with Crippen molar-refractivity contribution in [2.75, 3.05) is 23.3 Å². The van der Waals surface area contributed by atoms with Gasteiger partial charge in [-0.2, -0.15) is 0 Å². The largest absolute Gasteiger partial charge is 0.465 e. The number of hydrogen-bond donors (Lipinski definition) is 6. The Morgan fingerprint density at radius 1 is 1.10 bits per heavy atom. The average molecular weight is 296 g/mol. The van der Waals surface area contributed by atoms with E-state index in [9.17, 15) is 14.7 Å². The van der Waals surface area contributed by atoms with E-state index in [-0.39, 0.29) is 6.10 Å². The van der Waals surface area contributed by atoms with Crippen LogP contribution in [0.5, 0.6) is 0 Å². The molecule has 1 aromatic carbocycles. The van der Waals surface area contributed by atoms with E-state index in [1.165, 1.54) is 0 Å². The molecule has 1 aliphatic heterocycles. The number of amides is 2. The van der Waals surface area contributed by atoms with Crippen molar-refractivity contribution in [1.29, 1.82) is 0 Å². The summed E-state index contributed by atoms with van der Waals surface area (Å²) in [6.07, 6.45) is -4.16. The summed E-state index contributed by atoms with van der Waals surface area (Å²) in [5.74, 6) is 0. The van der Waals surface area contributed by atoms with E-state index in [0.717, 1.165) is 5.69 Å². The first kappa shape index (κ1) is 14.7. The molecule has 0 atom stereocenters. The standard InChI is InChI=1S/C12H16N4O5/c17-9-5-16(6-9)8-3-1-7(2-4-8)13-10(14-11(18)19)15-12(20)21/h1-4,9-10,13-15,17H,5-6H2,(H,18,19)(H,20,21). The van der Waals surface area contributed by atoms with Crippen molar-refractivity contribution in [3.05, 3.63) is 24.3 Å². The van der Waals surface area contributed by atoms with Crippen molar-refractivity contribution in [3.8, 4) is 0 Å². The molecule has 0 aromatic heterocycles. The van der Waals surface area contributed by atoms with Crippen LogP contribution in [0.3, 0.4) is 0 Å². The predicted octanol–water partition coefficient (Wildman–Crippen LogP) is 0.0982. The lowest BCUT2D eigenvalue weighted by atomic mass is 10.1. The third kappa shape index (κ3) is 4.14. The molecule has 0 bridgehead atoms. The second kappa shape index (κ2) is 6.18. The highest BCUT2D eigenvalue weighted by molar-refractivity contribution is 5.69. The van der Waals surface area contributed by atoms with Crippen LogP contribution in [0.4, 0.5) is 21.0 Å². The van der Waals surface area contributed by atoms with Crippen molar-refractivity contribution in [2.24, 2.45) is 0 Å². The molecule has 1 aliphatic rings. The Kier molecular flexibility index (Phi) is 4.33. The molecule has 114 valence electrons. The number of β-amino-alcohol motifs (C(OH)–C–C–N with tert-alkyl or cyclic N) is 1. The normalized spacial score (nSPS) is 14.5. The molecule has 0 aliphatic carbocycles. The van der Waals surface area contributed by atoms with Crippen LogP contribution >= 0.6 is 0 Å². The highest BCUT2D eigenvalue weighted by Crippen LogP contribution is 2.22. The molecule has 1 saturated heterocycles. The van der Waals surface area contributed by atoms with Crippen molar-refractivity contribution in [1.82, 2.24) is 10.6 Å². The number of anilines is 2. The Labute approximate surface area is 120 Å². The molecule has 1 heterocycles. The smallest absolute Gasteiger partial charge is 0.407 e. The van der Waals surface area contributed by atoms with Gasteiger partial charge in [0, 0.05) is 24.5 Å². The zero-order chi connectivity index (χ0) is 15.4. The fourth-order valence-electron chi connectivity index (χ4n) is 1.96. The number of aliphatic hydroxyl groups is 1. The second-order valence-electron chi connectivity index (χ2n) is 4.58. The summed E-state index contributed by atoms with van der Waals surface area (Å²) in [5.41, 5.74) is 1.48. The molecular formula is C12H16N4O5. The van der Waals surface area contributed by atoms with Crippen molar-refractivity contribution in [3.63, 3.8) is 0 Å². The molecule has 6 N–H and O–H groups in total. The summed E-state index contributed by atoms with van der Waals surface area (Å²) < 4.78 is 0. The number of carboxylic acid groups (broad SMARTS) is 2. The van der Waals surface area contributed by atoms with Crippen molar-refractivity contribution >= 4 is 23.6 Å². The molecule has 2 rings (SSSR count). The number of nitrogens with zero attached hydrogens (tertiary/aromatic N) is 1. The number of aliphatic hydroxyl groups excluding tert-OH is 1. The lowest BCUT2D eigenvalue weighted by Crippen LogP contribution is -2.52. The van der Waals surface area contributed by atoms with E-state index < -0.39 is 18.5 Å². The minimum Gasteiger partial charge on any atom is -0.465 e. The van der Waals surface area contributed by atoms with Crippen LogP contribution in [0, 0.1) is 0 Å². The fourth-order valence-corrected chi connectivity index (χ4v) is 1.96. The maximum absolute atomic E-state index is 10.6. The number of rotatable bonds is 5. The molecular weight excluding hydrogens is 280 g/mol. The molecule has 0 unspecified atom stereocenters. The van der Waals surface area contributed by atoms with E-state index in [2.05, 4.69) is 5.32 Å². The van der Waals surface area contributed by atoms with Gasteiger partial charge in [0.2, 0.25) is 0 Å². The summed E-state index contributed by atoms with van der Waals surface area (Å²) >= 11 is 0. The Hall–Kier alpha value is -2.68. The van der Waals surface area contributed by atoms with E-state index in [1.54, 1.807) is 24.3 Å². The quantitative estimate of drug-likeness (QED) is 0.424. The summed E-state index contributed by atoms with van der Waals surface area (Å²) in [6.45, 7) is 1.16. The summed E-state index contributed by atoms with van der Waals surface area (Å²) in [6, 6.07) is 6.99. The third-order valence-electron chi connectivity index (χ3n) is 2.94. The fraction of sp³-hybridized carbons (Fsp3) is 0.333. The van der Waals surface area contributed by atoms with Gasteiger partial charge in [-0.25, -0.2) is 9.59 Å². The van der Waals surface area contributed by atoms with E-state index in [1.807, 2.05) is 15.5 Å². The molecule has 0 saturated carbocycles. The van der Waals surface area contributed by atoms with E-state index >= 15 is 0 Å². The molecule has 9 nitrogen and oxygen atoms in total. The first-order valence-corrected chi connectivity index (χ1v) is 6.22. The molecule has 21 heavy (non-hydrogen) atoms. The van der Waals surface area contributed by atoms with Crippen LogP contribution in [-0.2, 0) is 0 Å². The Bertz CT molecular complexity index is 499. The minimum atomic E-state index is -1.35. The Balaban J connectivity index is 1.96. The second-order valence-corrected chi connectivity index (χ2v) is 4.58. The van der Waals surface area contributed by atoms with Gasteiger partial charge in [-0.15, -0.1) is 0 Å². The topological polar surface area (TPSA) is 134 Å². The molecule has 9 heteroatoms. The maximum atomic E-state index is 10.6. The highest BCUT2D eigenvalue weighted by atomic mass is 16.4. The van der Waals surface area contributed by atoms with Crippen LogP contribution in [0.2, 0.25) is 0 Å². The zero-order valence-corrected chi connectivity index (χ0v) is 11.0. The third-order valence-corrected chi connectivity index (χ3v) is 2.94. The van der Waals surface area contributed by atoms with Gasteiger partial charge in [0.05, 0.1) is 6.10 Å². The molecule has 1 aromatic rings. The molecule has 0 spiro atoms. The van der Waals surface area contributed by atoms with Crippen molar-refractivity contribution in [2.45, 2.75) is 12.4 Å². The van der Waals surface area contributed by atoms with Crippen LogP contribution in [0.15, 0.2) is 24.3 Å². The van der Waals surface area contributed by atoms with Gasteiger partial charge < -0.3 is 25.5 Å². The first-order valence-electron chi connectivity index (χ1n) is 6.22. The maximum Gasteiger partial charge on any atom is 0.407 e. The number of benzene rings is 1. The van der Waals surface area contributed by atoms with Crippen LogP contribution in [0.1, 0.15) is 0 Å². The monoisotopic (exact) mass is 296 g/mol. The van der Waals surface area contributed by atoms with Crippen LogP contribution < -0.4 is 20.9 Å². The SMILES string of the molecule is O=C(O)NC(NC(=O)O)Nc1ccc(N2CC(O)C2)cc1. The van der Waals surface area contributed by atoms with Gasteiger partial charge in [0.15, 0.2) is 6.29 Å². The number of hydrogen-bond acceptors (Lipinski definition) is 5. The van der Waals surface area contributed by atoms with Gasteiger partial charge in [-0.05, 0) is 24.3 Å². The highest BCUT2D eigenvalue weighted by Gasteiger charge is 2.24. The van der Waals surface area contributed by atoms with Crippen LogP contribution in [0.25, 0.3) is 0 Å². The summed E-state index contributed by atoms with van der Waals surface area (Å²) in [5, 5.41) is 33.2. The minimum absolute atomic E-state index is 0.299. The average Bonchev–Trinajstić information content (AvgIpc) is 2.34. The lowest BCUT2D eigenvalue weighted by molar-refractivity contribution is 0.142. The van der Waals surface area contributed by atoms with Gasteiger partial charge in [0.25, 0.3) is 0 Å². The van der Waals surface area contributed by atoms with Gasteiger partial charge in [0.1, 0.15) is 0 Å². The Morgan fingerprint density at radius 3 is 2.05 bits per heavy atom. The van der Waals surface area contributed by atoms with E-state index in [0.29, 0.717) is 18.8 Å². The van der Waals surface area contributed by atoms with Gasteiger partial charge in [-0.3, -0.25) is 10.6 Å². The molecule has 2 amide bonds. The number of nitrogens with one attached hydrogen (secondary N) is 3.